The molecule has 96 valence electrons. The summed E-state index contributed by atoms with van der Waals surface area (Å²) in [6.45, 7) is 1.89. The molecular weight excluding hydrogens is 264 g/mol. The van der Waals surface area contributed by atoms with Gasteiger partial charge in [0, 0.05) is 13.6 Å². The average Bonchev–Trinajstić information content (AvgIpc) is 2.26. The highest BCUT2D eigenvalue weighted by atomic mass is 32.2. The third kappa shape index (κ3) is 2.83. The van der Waals surface area contributed by atoms with Crippen molar-refractivity contribution >= 4 is 20.0 Å². The van der Waals surface area contributed by atoms with Crippen LogP contribution >= 0.6 is 0 Å². The van der Waals surface area contributed by atoms with Crippen LogP contribution in [0, 0.1) is 0 Å². The Kier molecular flexibility index (Phi) is 3.92. The molecule has 0 heterocycles. The van der Waals surface area contributed by atoms with Crippen molar-refractivity contribution in [3.05, 3.63) is 24.3 Å². The Morgan fingerprint density at radius 1 is 1.12 bits per heavy atom. The fourth-order valence-electron chi connectivity index (χ4n) is 1.24. The van der Waals surface area contributed by atoms with E-state index in [4.69, 9.17) is 5.14 Å². The molecule has 0 aliphatic carbocycles. The molecule has 0 saturated heterocycles. The fraction of sp³-hybridized carbons (Fsp3) is 0.333. The summed E-state index contributed by atoms with van der Waals surface area (Å²) in [7, 11) is -6.52. The van der Waals surface area contributed by atoms with E-state index in [0.717, 1.165) is 4.31 Å². The predicted octanol–water partition coefficient (Wildman–Crippen LogP) is -0.0256. The van der Waals surface area contributed by atoms with Crippen molar-refractivity contribution in [1.29, 1.82) is 0 Å². The zero-order valence-corrected chi connectivity index (χ0v) is 11.1. The number of primary sulfonamides is 1. The van der Waals surface area contributed by atoms with Crippen LogP contribution in [0.4, 0.5) is 0 Å². The van der Waals surface area contributed by atoms with Crippen LogP contribution in [0.5, 0.6) is 0 Å². The number of rotatable bonds is 4. The van der Waals surface area contributed by atoms with E-state index in [-0.39, 0.29) is 16.3 Å². The fourth-order valence-corrected chi connectivity index (χ4v) is 3.77. The first-order valence-corrected chi connectivity index (χ1v) is 7.78. The van der Waals surface area contributed by atoms with Crippen molar-refractivity contribution in [3.8, 4) is 0 Å². The van der Waals surface area contributed by atoms with Crippen molar-refractivity contribution in [3.63, 3.8) is 0 Å². The first-order chi connectivity index (χ1) is 7.71. The predicted molar refractivity (Wildman–Crippen MR) is 63.3 cm³/mol. The Hall–Kier alpha value is -0.960. The third-order valence-corrected chi connectivity index (χ3v) is 5.38. The Balaban J connectivity index is 3.54. The van der Waals surface area contributed by atoms with Crippen LogP contribution in [0.2, 0.25) is 0 Å². The van der Waals surface area contributed by atoms with Gasteiger partial charge in [0.15, 0.2) is 0 Å². The highest BCUT2D eigenvalue weighted by Crippen LogP contribution is 2.22. The third-order valence-electron chi connectivity index (χ3n) is 2.29. The highest BCUT2D eigenvalue weighted by Gasteiger charge is 2.26. The summed E-state index contributed by atoms with van der Waals surface area (Å²) in [5, 5.41) is 4.99. The normalized spacial score (nSPS) is 12.9. The molecule has 17 heavy (non-hydrogen) atoms. The molecule has 0 aliphatic rings. The quantitative estimate of drug-likeness (QED) is 0.836. The lowest BCUT2D eigenvalue weighted by Gasteiger charge is -2.16. The van der Waals surface area contributed by atoms with E-state index in [0.29, 0.717) is 0 Å². The number of nitrogens with two attached hydrogens (primary N) is 1. The van der Waals surface area contributed by atoms with Gasteiger partial charge >= 0.3 is 0 Å². The molecule has 8 heteroatoms. The lowest BCUT2D eigenvalue weighted by atomic mass is 10.4. The molecule has 2 N–H and O–H groups in total. The molecule has 1 rings (SSSR count). The molecule has 0 amide bonds. The van der Waals surface area contributed by atoms with Crippen molar-refractivity contribution < 1.29 is 16.8 Å². The smallest absolute Gasteiger partial charge is 0.225 e. The molecular formula is C9H14N2O4S2. The van der Waals surface area contributed by atoms with E-state index in [2.05, 4.69) is 0 Å². The van der Waals surface area contributed by atoms with E-state index >= 15 is 0 Å². The molecule has 0 bridgehead atoms. The molecule has 0 atom stereocenters. The summed E-state index contributed by atoms with van der Waals surface area (Å²) in [4.78, 5) is -0.688. The molecule has 0 aromatic heterocycles. The van der Waals surface area contributed by atoms with E-state index in [1.807, 2.05) is 0 Å². The molecule has 0 spiro atoms. The monoisotopic (exact) mass is 278 g/mol. The SMILES string of the molecule is CCN(C)S(=O)(=O)c1ccccc1S(N)(=O)=O. The molecule has 0 unspecified atom stereocenters. The van der Waals surface area contributed by atoms with Gasteiger partial charge in [-0.1, -0.05) is 19.1 Å². The Labute approximate surface area is 101 Å². The molecule has 0 radical (unpaired) electrons. The van der Waals surface area contributed by atoms with Gasteiger partial charge in [-0.3, -0.25) is 0 Å². The Morgan fingerprint density at radius 3 is 2.00 bits per heavy atom. The first-order valence-electron chi connectivity index (χ1n) is 4.79. The number of hydrogen-bond acceptors (Lipinski definition) is 4. The Morgan fingerprint density at radius 2 is 1.59 bits per heavy atom. The number of nitrogens with zero attached hydrogens (tertiary/aromatic N) is 1. The van der Waals surface area contributed by atoms with Crippen LogP contribution in [-0.2, 0) is 20.0 Å². The van der Waals surface area contributed by atoms with Gasteiger partial charge in [0.2, 0.25) is 20.0 Å². The van der Waals surface area contributed by atoms with E-state index < -0.39 is 20.0 Å². The summed E-state index contributed by atoms with van der Waals surface area (Å²) in [5.74, 6) is 0. The number of hydrogen-bond donors (Lipinski definition) is 1. The summed E-state index contributed by atoms with van der Waals surface area (Å²) in [6, 6.07) is 5.27. The molecule has 0 aliphatic heterocycles. The topological polar surface area (TPSA) is 97.5 Å². The second-order valence-corrected chi connectivity index (χ2v) is 6.95. The zero-order chi connectivity index (χ0) is 13.3. The van der Waals surface area contributed by atoms with Crippen LogP contribution in [0.3, 0.4) is 0 Å². The van der Waals surface area contributed by atoms with Crippen molar-refractivity contribution in [2.75, 3.05) is 13.6 Å². The Bertz CT molecular complexity index is 608. The second kappa shape index (κ2) is 4.73. The molecule has 0 saturated carbocycles. The van der Waals surface area contributed by atoms with Gasteiger partial charge in [0.05, 0.1) is 0 Å². The largest absolute Gasteiger partial charge is 0.244 e. The van der Waals surface area contributed by atoms with E-state index in [9.17, 15) is 16.8 Å². The van der Waals surface area contributed by atoms with Gasteiger partial charge in [0.25, 0.3) is 0 Å². The molecule has 1 aromatic carbocycles. The summed E-state index contributed by atoms with van der Waals surface area (Å²) < 4.78 is 47.7. The summed E-state index contributed by atoms with van der Waals surface area (Å²) in [5.41, 5.74) is 0. The maximum absolute atomic E-state index is 12.0. The molecule has 1 aromatic rings. The van der Waals surface area contributed by atoms with Crippen molar-refractivity contribution in [1.82, 2.24) is 4.31 Å². The molecule has 6 nitrogen and oxygen atoms in total. The minimum absolute atomic E-state index is 0.237. The van der Waals surface area contributed by atoms with Crippen LogP contribution in [0.15, 0.2) is 34.1 Å². The lowest BCUT2D eigenvalue weighted by Crippen LogP contribution is -2.28. The van der Waals surface area contributed by atoms with Crippen LogP contribution < -0.4 is 5.14 Å². The van der Waals surface area contributed by atoms with Gasteiger partial charge in [-0.2, -0.15) is 0 Å². The van der Waals surface area contributed by atoms with Gasteiger partial charge in [-0.15, -0.1) is 0 Å². The average molecular weight is 278 g/mol. The van der Waals surface area contributed by atoms with Crippen molar-refractivity contribution in [2.24, 2.45) is 5.14 Å². The van der Waals surface area contributed by atoms with Gasteiger partial charge < -0.3 is 0 Å². The van der Waals surface area contributed by atoms with Crippen LogP contribution in [0.1, 0.15) is 6.92 Å². The van der Waals surface area contributed by atoms with Crippen molar-refractivity contribution in [2.45, 2.75) is 16.7 Å². The van der Waals surface area contributed by atoms with Crippen LogP contribution in [0.25, 0.3) is 0 Å². The van der Waals surface area contributed by atoms with Crippen LogP contribution in [-0.4, -0.2) is 34.7 Å². The zero-order valence-electron chi connectivity index (χ0n) is 9.49. The minimum atomic E-state index is -4.06. The van der Waals surface area contributed by atoms with E-state index in [1.54, 1.807) is 6.92 Å². The highest BCUT2D eigenvalue weighted by molar-refractivity contribution is 7.92. The lowest BCUT2D eigenvalue weighted by molar-refractivity contribution is 0.483. The van der Waals surface area contributed by atoms with Gasteiger partial charge in [-0.05, 0) is 12.1 Å². The molecule has 0 fully saturated rings. The minimum Gasteiger partial charge on any atom is -0.225 e. The maximum atomic E-state index is 12.0. The maximum Gasteiger partial charge on any atom is 0.244 e. The van der Waals surface area contributed by atoms with Gasteiger partial charge in [0.1, 0.15) is 9.79 Å². The van der Waals surface area contributed by atoms with Gasteiger partial charge in [-0.25, -0.2) is 26.3 Å². The number of benzene rings is 1. The summed E-state index contributed by atoms with van der Waals surface area (Å²) >= 11 is 0. The van der Waals surface area contributed by atoms with E-state index in [1.165, 1.54) is 31.3 Å². The second-order valence-electron chi connectivity index (χ2n) is 3.41. The summed E-state index contributed by atoms with van der Waals surface area (Å²) in [6.07, 6.45) is 0. The number of sulfonamides is 2. The first kappa shape index (κ1) is 14.1. The standard InChI is InChI=1S/C9H14N2O4S2/c1-3-11(2)17(14,15)9-7-5-4-6-8(9)16(10,12)13/h4-7H,3H2,1-2H3,(H2,10,12,13).